The van der Waals surface area contributed by atoms with Crippen LogP contribution >= 0.6 is 22.9 Å². The predicted octanol–water partition coefficient (Wildman–Crippen LogP) is 5.70. The second-order valence-corrected chi connectivity index (χ2v) is 7.90. The maximum absolute atomic E-state index is 12.6. The van der Waals surface area contributed by atoms with E-state index in [1.54, 1.807) is 36.6 Å². The molecule has 5 nitrogen and oxygen atoms in total. The van der Waals surface area contributed by atoms with Crippen molar-refractivity contribution in [1.82, 2.24) is 9.88 Å². The van der Waals surface area contributed by atoms with E-state index >= 15 is 0 Å². The van der Waals surface area contributed by atoms with Gasteiger partial charge in [-0.2, -0.15) is 0 Å². The molecule has 0 bridgehead atoms. The highest BCUT2D eigenvalue weighted by atomic mass is 35.5. The SMILES string of the molecule is COc1ccc(Cl)cc1NC(=O)N[C@H](C)c1c(-n2cccc2)sc(C)c1C. The van der Waals surface area contributed by atoms with Crippen LogP contribution in [0, 0.1) is 13.8 Å². The van der Waals surface area contributed by atoms with Gasteiger partial charge in [-0.15, -0.1) is 11.3 Å². The molecule has 0 radical (unpaired) electrons. The van der Waals surface area contributed by atoms with Crippen LogP contribution in [0.3, 0.4) is 0 Å². The topological polar surface area (TPSA) is 55.3 Å². The second kappa shape index (κ2) is 8.06. The van der Waals surface area contributed by atoms with Gasteiger partial charge in [0, 0.05) is 27.9 Å². The van der Waals surface area contributed by atoms with Gasteiger partial charge in [0.2, 0.25) is 0 Å². The lowest BCUT2D eigenvalue weighted by molar-refractivity contribution is 0.249. The fourth-order valence-electron chi connectivity index (χ4n) is 3.00. The van der Waals surface area contributed by atoms with Crippen molar-refractivity contribution in [1.29, 1.82) is 0 Å². The zero-order chi connectivity index (χ0) is 19.6. The lowest BCUT2D eigenvalue weighted by Crippen LogP contribution is -2.31. The number of amides is 2. The summed E-state index contributed by atoms with van der Waals surface area (Å²) in [6.07, 6.45) is 4.02. The van der Waals surface area contributed by atoms with Crippen molar-refractivity contribution in [2.45, 2.75) is 26.8 Å². The van der Waals surface area contributed by atoms with Crippen LogP contribution < -0.4 is 15.4 Å². The zero-order valence-electron chi connectivity index (χ0n) is 15.7. The molecule has 0 saturated heterocycles. The van der Waals surface area contributed by atoms with E-state index in [4.69, 9.17) is 16.3 Å². The standard InChI is InChI=1S/C20H22ClN3O2S/c1-12-14(3)27-19(24-9-5-6-10-24)18(12)13(2)22-20(25)23-16-11-15(21)7-8-17(16)26-4/h5-11,13H,1-4H3,(H2,22,23,25)/t13-/m1/s1. The third-order valence-corrected chi connectivity index (χ3v) is 5.91. The predicted molar refractivity (Wildman–Crippen MR) is 112 cm³/mol. The van der Waals surface area contributed by atoms with Gasteiger partial charge in [0.05, 0.1) is 18.8 Å². The number of nitrogens with zero attached hydrogens (tertiary/aromatic N) is 1. The van der Waals surface area contributed by atoms with Gasteiger partial charge in [0.25, 0.3) is 0 Å². The third-order valence-electron chi connectivity index (χ3n) is 4.44. The molecule has 2 aromatic heterocycles. The number of carbonyl (C=O) groups is 1. The number of hydrogen-bond acceptors (Lipinski definition) is 3. The number of methoxy groups -OCH3 is 1. The molecule has 2 heterocycles. The summed E-state index contributed by atoms with van der Waals surface area (Å²) in [4.78, 5) is 13.8. The molecule has 27 heavy (non-hydrogen) atoms. The Hall–Kier alpha value is -2.44. The number of urea groups is 1. The molecule has 142 valence electrons. The summed E-state index contributed by atoms with van der Waals surface area (Å²) in [5.74, 6) is 0.554. The van der Waals surface area contributed by atoms with E-state index in [2.05, 4.69) is 29.0 Å². The molecule has 0 fully saturated rings. The van der Waals surface area contributed by atoms with Crippen molar-refractivity contribution in [2.24, 2.45) is 0 Å². The molecule has 0 saturated carbocycles. The Kier molecular flexibility index (Phi) is 5.77. The number of ether oxygens (including phenoxy) is 1. The fraction of sp³-hybridized carbons (Fsp3) is 0.250. The quantitative estimate of drug-likeness (QED) is 0.574. The number of carbonyl (C=O) groups excluding carboxylic acids is 1. The van der Waals surface area contributed by atoms with Crippen LogP contribution in [0.2, 0.25) is 5.02 Å². The molecular formula is C20H22ClN3O2S. The van der Waals surface area contributed by atoms with E-state index in [1.165, 1.54) is 10.4 Å². The highest BCUT2D eigenvalue weighted by molar-refractivity contribution is 7.14. The highest BCUT2D eigenvalue weighted by Gasteiger charge is 2.21. The van der Waals surface area contributed by atoms with Crippen LogP contribution in [0.4, 0.5) is 10.5 Å². The summed E-state index contributed by atoms with van der Waals surface area (Å²) in [5, 5.41) is 7.48. The van der Waals surface area contributed by atoms with Gasteiger partial charge in [-0.1, -0.05) is 11.6 Å². The number of nitrogens with one attached hydrogen (secondary N) is 2. The molecule has 3 aromatic rings. The summed E-state index contributed by atoms with van der Waals surface area (Å²) < 4.78 is 7.36. The van der Waals surface area contributed by atoms with Crippen LogP contribution in [0.1, 0.15) is 29.0 Å². The summed E-state index contributed by atoms with van der Waals surface area (Å²) >= 11 is 7.75. The third kappa shape index (κ3) is 4.12. The molecule has 3 rings (SSSR count). The molecule has 2 N–H and O–H groups in total. The van der Waals surface area contributed by atoms with E-state index < -0.39 is 0 Å². The van der Waals surface area contributed by atoms with Crippen LogP contribution in [-0.2, 0) is 0 Å². The van der Waals surface area contributed by atoms with Crippen LogP contribution in [0.15, 0.2) is 42.7 Å². The fourth-order valence-corrected chi connectivity index (χ4v) is 4.40. The molecule has 0 spiro atoms. The van der Waals surface area contributed by atoms with E-state index in [-0.39, 0.29) is 12.1 Å². The van der Waals surface area contributed by atoms with Gasteiger partial charge in [-0.05, 0) is 56.7 Å². The van der Waals surface area contributed by atoms with Crippen molar-refractivity contribution >= 4 is 34.7 Å². The van der Waals surface area contributed by atoms with Crippen molar-refractivity contribution in [3.8, 4) is 10.8 Å². The lowest BCUT2D eigenvalue weighted by atomic mass is 10.1. The first-order valence-corrected chi connectivity index (χ1v) is 9.74. The van der Waals surface area contributed by atoms with Crippen molar-refractivity contribution < 1.29 is 9.53 Å². The van der Waals surface area contributed by atoms with Crippen LogP contribution in [-0.4, -0.2) is 17.7 Å². The average Bonchev–Trinajstić information content (AvgIpc) is 3.24. The Bertz CT molecular complexity index is 951. The Morgan fingerprint density at radius 3 is 2.63 bits per heavy atom. The lowest BCUT2D eigenvalue weighted by Gasteiger charge is -2.18. The highest BCUT2D eigenvalue weighted by Crippen LogP contribution is 2.35. The summed E-state index contributed by atoms with van der Waals surface area (Å²) in [6, 6.07) is 8.59. The summed E-state index contributed by atoms with van der Waals surface area (Å²) in [5.41, 5.74) is 2.83. The first-order chi connectivity index (χ1) is 12.9. The Labute approximate surface area is 167 Å². The number of halogens is 1. The first kappa shape index (κ1) is 19.3. The molecule has 0 aliphatic heterocycles. The van der Waals surface area contributed by atoms with E-state index in [0.717, 1.165) is 10.6 Å². The zero-order valence-corrected chi connectivity index (χ0v) is 17.2. The van der Waals surface area contributed by atoms with Crippen molar-refractivity contribution in [2.75, 3.05) is 12.4 Å². The van der Waals surface area contributed by atoms with Crippen molar-refractivity contribution in [3.05, 3.63) is 63.8 Å². The largest absolute Gasteiger partial charge is 0.495 e. The summed E-state index contributed by atoms with van der Waals surface area (Å²) in [7, 11) is 1.55. The number of aryl methyl sites for hydroxylation is 1. The first-order valence-electron chi connectivity index (χ1n) is 8.55. The van der Waals surface area contributed by atoms with Gasteiger partial charge >= 0.3 is 6.03 Å². The normalized spacial score (nSPS) is 11.9. The molecule has 1 atom stereocenters. The van der Waals surface area contributed by atoms with Crippen LogP contribution in [0.5, 0.6) is 5.75 Å². The van der Waals surface area contributed by atoms with Gasteiger partial charge in [-0.25, -0.2) is 4.79 Å². The molecule has 0 aliphatic carbocycles. The van der Waals surface area contributed by atoms with Crippen LogP contribution in [0.25, 0.3) is 5.00 Å². The van der Waals surface area contributed by atoms with Gasteiger partial charge in [0.1, 0.15) is 10.8 Å². The van der Waals surface area contributed by atoms with E-state index in [0.29, 0.717) is 16.5 Å². The Morgan fingerprint density at radius 2 is 1.96 bits per heavy atom. The summed E-state index contributed by atoms with van der Waals surface area (Å²) in [6.45, 7) is 6.17. The minimum absolute atomic E-state index is 0.169. The smallest absolute Gasteiger partial charge is 0.319 e. The molecule has 2 amide bonds. The van der Waals surface area contributed by atoms with Gasteiger partial charge in [-0.3, -0.25) is 0 Å². The maximum atomic E-state index is 12.6. The Morgan fingerprint density at radius 1 is 1.26 bits per heavy atom. The van der Waals surface area contributed by atoms with Gasteiger partial charge < -0.3 is 19.9 Å². The number of thiophene rings is 1. The molecule has 7 heteroatoms. The number of hydrogen-bond donors (Lipinski definition) is 2. The van der Waals surface area contributed by atoms with Crippen molar-refractivity contribution in [3.63, 3.8) is 0 Å². The minimum Gasteiger partial charge on any atom is -0.495 e. The minimum atomic E-state index is -0.315. The number of rotatable bonds is 5. The molecular weight excluding hydrogens is 382 g/mol. The number of benzene rings is 1. The van der Waals surface area contributed by atoms with E-state index in [1.807, 2.05) is 31.5 Å². The Balaban J connectivity index is 1.81. The average molecular weight is 404 g/mol. The number of anilines is 1. The van der Waals surface area contributed by atoms with Gasteiger partial charge in [0.15, 0.2) is 0 Å². The second-order valence-electron chi connectivity index (χ2n) is 6.26. The van der Waals surface area contributed by atoms with E-state index in [9.17, 15) is 4.79 Å². The number of aromatic nitrogens is 1. The molecule has 0 unspecified atom stereocenters. The molecule has 0 aliphatic rings. The maximum Gasteiger partial charge on any atom is 0.319 e. The molecule has 1 aromatic carbocycles. The monoisotopic (exact) mass is 403 g/mol.